The number of fused-ring (bicyclic) bond motifs is 1. The highest BCUT2D eigenvalue weighted by molar-refractivity contribution is 5.85. The fraction of sp³-hybridized carbons (Fsp3) is 0.611. The largest absolute Gasteiger partial charge is 0.385 e. The van der Waals surface area contributed by atoms with Crippen molar-refractivity contribution in [2.24, 2.45) is 5.41 Å². The van der Waals surface area contributed by atoms with E-state index >= 15 is 0 Å². The van der Waals surface area contributed by atoms with Crippen LogP contribution in [0.3, 0.4) is 0 Å². The van der Waals surface area contributed by atoms with E-state index < -0.39 is 6.10 Å². The summed E-state index contributed by atoms with van der Waals surface area (Å²) in [5.74, 6) is 0.231. The fourth-order valence-corrected chi connectivity index (χ4v) is 3.72. The third-order valence-corrected chi connectivity index (χ3v) is 5.34. The summed E-state index contributed by atoms with van der Waals surface area (Å²) in [6.07, 6.45) is 6.71. The molecule has 26 heavy (non-hydrogen) atoms. The molecule has 2 aromatic rings. The minimum Gasteiger partial charge on any atom is -0.385 e. The number of hydrogen-bond acceptors (Lipinski definition) is 5. The van der Waals surface area contributed by atoms with Crippen LogP contribution in [0.2, 0.25) is 0 Å². The van der Waals surface area contributed by atoms with Gasteiger partial charge in [0.25, 0.3) is 0 Å². The summed E-state index contributed by atoms with van der Waals surface area (Å²) in [6, 6.07) is 1.93. The molecule has 4 rings (SSSR count). The summed E-state index contributed by atoms with van der Waals surface area (Å²) in [5.41, 5.74) is 1.41. The van der Waals surface area contributed by atoms with Gasteiger partial charge in [0, 0.05) is 32.0 Å². The molecule has 0 radical (unpaired) electrons. The molecule has 1 amide bonds. The van der Waals surface area contributed by atoms with Gasteiger partial charge in [0.2, 0.25) is 5.91 Å². The molecule has 0 aromatic carbocycles. The first-order valence-electron chi connectivity index (χ1n) is 9.11. The third-order valence-electron chi connectivity index (χ3n) is 5.34. The molecular weight excluding hydrogens is 332 g/mol. The van der Waals surface area contributed by atoms with Gasteiger partial charge in [-0.3, -0.25) is 9.48 Å². The van der Waals surface area contributed by atoms with Crippen LogP contribution in [0.1, 0.15) is 30.3 Å². The zero-order chi connectivity index (χ0) is 18.3. The van der Waals surface area contributed by atoms with E-state index in [1.807, 2.05) is 45.4 Å². The summed E-state index contributed by atoms with van der Waals surface area (Å²) in [5, 5.41) is 14.8. The lowest BCUT2D eigenvalue weighted by molar-refractivity contribution is -0.139. The summed E-state index contributed by atoms with van der Waals surface area (Å²) < 4.78 is 3.92. The van der Waals surface area contributed by atoms with Crippen LogP contribution in [0.5, 0.6) is 0 Å². The van der Waals surface area contributed by atoms with E-state index in [1.165, 1.54) is 0 Å². The Morgan fingerprint density at radius 2 is 2.19 bits per heavy atom. The smallest absolute Gasteiger partial charge is 0.231 e. The van der Waals surface area contributed by atoms with Crippen molar-refractivity contribution in [1.29, 1.82) is 0 Å². The second-order valence-corrected chi connectivity index (χ2v) is 7.80. The van der Waals surface area contributed by atoms with Crippen LogP contribution < -0.4 is 0 Å². The molecular formula is C18H26N6O2. The fourth-order valence-electron chi connectivity index (χ4n) is 3.72. The number of aliphatic hydroxyl groups excluding tert-OH is 1. The number of carbonyl (C=O) groups excluding carboxylic acids is 1. The maximum Gasteiger partial charge on any atom is 0.231 e. The van der Waals surface area contributed by atoms with E-state index in [0.29, 0.717) is 38.4 Å². The van der Waals surface area contributed by atoms with Crippen molar-refractivity contribution in [2.45, 2.75) is 38.6 Å². The van der Waals surface area contributed by atoms with Crippen LogP contribution in [-0.4, -0.2) is 67.3 Å². The van der Waals surface area contributed by atoms with Crippen LogP contribution in [0, 0.1) is 5.41 Å². The van der Waals surface area contributed by atoms with Crippen molar-refractivity contribution < 1.29 is 9.90 Å². The molecule has 1 aliphatic carbocycles. The van der Waals surface area contributed by atoms with Gasteiger partial charge in [-0.25, -0.2) is 4.98 Å². The van der Waals surface area contributed by atoms with Crippen molar-refractivity contribution in [3.05, 3.63) is 36.2 Å². The van der Waals surface area contributed by atoms with Crippen molar-refractivity contribution >= 4 is 5.91 Å². The first-order chi connectivity index (χ1) is 12.5. The molecule has 0 spiro atoms. The van der Waals surface area contributed by atoms with Crippen LogP contribution in [0.15, 0.2) is 24.8 Å². The quantitative estimate of drug-likeness (QED) is 0.813. The van der Waals surface area contributed by atoms with Crippen molar-refractivity contribution in [2.75, 3.05) is 27.2 Å². The molecule has 8 nitrogen and oxygen atoms in total. The number of hydrogen-bond donors (Lipinski definition) is 1. The monoisotopic (exact) mass is 358 g/mol. The summed E-state index contributed by atoms with van der Waals surface area (Å²) in [6.45, 7) is 3.15. The summed E-state index contributed by atoms with van der Waals surface area (Å²) in [4.78, 5) is 21.1. The summed E-state index contributed by atoms with van der Waals surface area (Å²) >= 11 is 0. The first-order valence-corrected chi connectivity index (χ1v) is 9.11. The predicted octanol–water partition coefficient (Wildman–Crippen LogP) is 0.497. The highest BCUT2D eigenvalue weighted by Crippen LogP contribution is 2.49. The Morgan fingerprint density at radius 3 is 2.85 bits per heavy atom. The second kappa shape index (κ2) is 6.51. The lowest BCUT2D eigenvalue weighted by Crippen LogP contribution is -2.43. The highest BCUT2D eigenvalue weighted by atomic mass is 16.3. The Labute approximate surface area is 153 Å². The van der Waals surface area contributed by atoms with Crippen molar-refractivity contribution in [3.63, 3.8) is 0 Å². The molecule has 2 aromatic heterocycles. The van der Waals surface area contributed by atoms with E-state index in [-0.39, 0.29) is 11.3 Å². The van der Waals surface area contributed by atoms with Crippen LogP contribution >= 0.6 is 0 Å². The number of amides is 1. The number of aliphatic hydroxyl groups is 1. The molecule has 0 unspecified atom stereocenters. The van der Waals surface area contributed by atoms with E-state index in [4.69, 9.17) is 0 Å². The number of aromatic nitrogens is 4. The van der Waals surface area contributed by atoms with E-state index in [1.54, 1.807) is 12.5 Å². The minimum atomic E-state index is -0.608. The Morgan fingerprint density at radius 1 is 1.38 bits per heavy atom. The Kier molecular flexibility index (Phi) is 4.32. The molecule has 8 heteroatoms. The van der Waals surface area contributed by atoms with Gasteiger partial charge in [-0.15, -0.1) is 0 Å². The van der Waals surface area contributed by atoms with E-state index in [2.05, 4.69) is 10.1 Å². The third kappa shape index (κ3) is 3.26. The Hall–Kier alpha value is -2.19. The lowest BCUT2D eigenvalue weighted by atomic mass is 10.0. The molecule has 1 fully saturated rings. The molecule has 2 aliphatic rings. The standard InChI is InChI=1S/C18H26N6O2/c1-21(2)11-16(25)15-9-14-10-23(7-8-24(14)20-15)17(26)18(3-4-18)12-22-6-5-19-13-22/h5-6,9,13,16,25H,3-4,7-8,10-12H2,1-2H3/t16-/m1/s1. The van der Waals surface area contributed by atoms with Gasteiger partial charge in [0.15, 0.2) is 0 Å². The van der Waals surface area contributed by atoms with Gasteiger partial charge in [-0.2, -0.15) is 5.10 Å². The minimum absolute atomic E-state index is 0.231. The second-order valence-electron chi connectivity index (χ2n) is 7.80. The maximum absolute atomic E-state index is 13.1. The SMILES string of the molecule is CN(C)C[C@@H](O)c1cc2n(n1)CCN(C(=O)C1(Cn3ccnc3)CC1)C2. The molecule has 0 bridgehead atoms. The topological polar surface area (TPSA) is 79.4 Å². The first kappa shape index (κ1) is 17.2. The molecule has 140 valence electrons. The maximum atomic E-state index is 13.1. The number of carbonyl (C=O) groups is 1. The van der Waals surface area contributed by atoms with E-state index in [0.717, 1.165) is 18.5 Å². The van der Waals surface area contributed by atoms with Crippen LogP contribution in [0.4, 0.5) is 0 Å². The molecule has 1 aliphatic heterocycles. The average Bonchev–Trinajstić information content (AvgIpc) is 3.02. The van der Waals surface area contributed by atoms with Crippen molar-refractivity contribution in [1.82, 2.24) is 29.1 Å². The number of imidazole rings is 1. The molecule has 1 saturated carbocycles. The zero-order valence-corrected chi connectivity index (χ0v) is 15.4. The zero-order valence-electron chi connectivity index (χ0n) is 15.4. The number of likely N-dealkylation sites (N-methyl/N-ethyl adjacent to an activating group) is 1. The molecule has 0 saturated heterocycles. The van der Waals surface area contributed by atoms with Gasteiger partial charge in [-0.1, -0.05) is 0 Å². The number of nitrogens with zero attached hydrogens (tertiary/aromatic N) is 6. The lowest BCUT2D eigenvalue weighted by Gasteiger charge is -2.31. The highest BCUT2D eigenvalue weighted by Gasteiger charge is 2.52. The number of rotatable bonds is 6. The van der Waals surface area contributed by atoms with Crippen LogP contribution in [0.25, 0.3) is 0 Å². The van der Waals surface area contributed by atoms with Gasteiger partial charge in [-0.05, 0) is 33.0 Å². The van der Waals surface area contributed by atoms with Gasteiger partial charge in [0.1, 0.15) is 6.10 Å². The molecule has 3 heterocycles. The van der Waals surface area contributed by atoms with Crippen LogP contribution in [-0.2, 0) is 24.4 Å². The molecule has 1 N–H and O–H groups in total. The van der Waals surface area contributed by atoms with Gasteiger partial charge >= 0.3 is 0 Å². The van der Waals surface area contributed by atoms with Gasteiger partial charge in [0.05, 0.1) is 36.2 Å². The Bertz CT molecular complexity index is 778. The predicted molar refractivity (Wildman–Crippen MR) is 95.1 cm³/mol. The van der Waals surface area contributed by atoms with Crippen molar-refractivity contribution in [3.8, 4) is 0 Å². The molecule has 1 atom stereocenters. The Balaban J connectivity index is 1.45. The normalized spacial score (nSPS) is 19.5. The van der Waals surface area contributed by atoms with Gasteiger partial charge < -0.3 is 19.5 Å². The van der Waals surface area contributed by atoms with E-state index in [9.17, 15) is 9.90 Å². The summed E-state index contributed by atoms with van der Waals surface area (Å²) in [7, 11) is 3.85. The average molecular weight is 358 g/mol.